The third-order valence-electron chi connectivity index (χ3n) is 4.57. The van der Waals surface area contributed by atoms with Gasteiger partial charge in [-0.15, -0.1) is 6.58 Å². The number of esters is 1. The van der Waals surface area contributed by atoms with Gasteiger partial charge in [-0.1, -0.05) is 56.0 Å². The van der Waals surface area contributed by atoms with Crippen LogP contribution >= 0.6 is 11.6 Å². The molecule has 148 valence electrons. The number of carbonyl (C=O) groups is 2. The number of rotatable bonds is 12. The van der Waals surface area contributed by atoms with Gasteiger partial charge >= 0.3 is 5.97 Å². The standard InChI is InChI=1S/C24H27ClO3/c1-2-3-4-5-6-7-8-9-10-23(26)28-22-17-15-20(16-18-22)19-11-13-21(14-12-19)24(25)27/h2,11-18H,1,3-10H2. The number of hydrogen-bond acceptors (Lipinski definition) is 3. The maximum Gasteiger partial charge on any atom is 0.311 e. The van der Waals surface area contributed by atoms with Gasteiger partial charge in [0, 0.05) is 12.0 Å². The summed E-state index contributed by atoms with van der Waals surface area (Å²) in [6.45, 7) is 3.72. The fraction of sp³-hybridized carbons (Fsp3) is 0.333. The van der Waals surface area contributed by atoms with E-state index in [0.29, 0.717) is 17.7 Å². The van der Waals surface area contributed by atoms with Crippen LogP contribution in [0.2, 0.25) is 0 Å². The van der Waals surface area contributed by atoms with Crippen molar-refractivity contribution in [3.05, 3.63) is 66.7 Å². The Balaban J connectivity index is 1.72. The molecule has 0 aliphatic carbocycles. The number of halogens is 1. The van der Waals surface area contributed by atoms with Crippen molar-refractivity contribution >= 4 is 22.8 Å². The molecule has 0 amide bonds. The Labute approximate surface area is 172 Å². The lowest BCUT2D eigenvalue weighted by Crippen LogP contribution is -2.07. The summed E-state index contributed by atoms with van der Waals surface area (Å²) >= 11 is 5.46. The minimum atomic E-state index is -0.471. The van der Waals surface area contributed by atoms with E-state index in [1.807, 2.05) is 30.3 Å². The molecule has 0 saturated carbocycles. The molecule has 0 aliphatic heterocycles. The predicted octanol–water partition coefficient (Wildman–Crippen LogP) is 6.94. The first-order chi connectivity index (χ1) is 13.6. The molecule has 0 atom stereocenters. The average Bonchev–Trinajstić information content (AvgIpc) is 2.70. The van der Waals surface area contributed by atoms with E-state index >= 15 is 0 Å². The van der Waals surface area contributed by atoms with Crippen LogP contribution in [-0.4, -0.2) is 11.2 Å². The number of benzene rings is 2. The first kappa shape index (κ1) is 21.9. The van der Waals surface area contributed by atoms with Crippen molar-refractivity contribution in [3.8, 4) is 16.9 Å². The van der Waals surface area contributed by atoms with Crippen molar-refractivity contribution in [3.63, 3.8) is 0 Å². The Bertz CT molecular complexity index is 763. The van der Waals surface area contributed by atoms with E-state index in [4.69, 9.17) is 16.3 Å². The highest BCUT2D eigenvalue weighted by molar-refractivity contribution is 6.67. The Hall–Kier alpha value is -2.39. The van der Waals surface area contributed by atoms with E-state index in [0.717, 1.165) is 36.8 Å². The number of hydrogen-bond donors (Lipinski definition) is 0. The highest BCUT2D eigenvalue weighted by Gasteiger charge is 2.06. The first-order valence-electron chi connectivity index (χ1n) is 9.82. The Morgan fingerprint density at radius 2 is 1.36 bits per heavy atom. The van der Waals surface area contributed by atoms with Crippen molar-refractivity contribution in [2.24, 2.45) is 0 Å². The predicted molar refractivity (Wildman–Crippen MR) is 115 cm³/mol. The summed E-state index contributed by atoms with van der Waals surface area (Å²) in [5, 5.41) is -0.471. The second kappa shape index (κ2) is 12.1. The molecule has 0 heterocycles. The Morgan fingerprint density at radius 1 is 0.821 bits per heavy atom. The van der Waals surface area contributed by atoms with Crippen LogP contribution in [0.3, 0.4) is 0 Å². The van der Waals surface area contributed by atoms with Crippen LogP contribution in [-0.2, 0) is 4.79 Å². The van der Waals surface area contributed by atoms with Gasteiger partial charge in [0.2, 0.25) is 0 Å². The third-order valence-corrected chi connectivity index (χ3v) is 4.79. The van der Waals surface area contributed by atoms with Gasteiger partial charge < -0.3 is 4.74 Å². The molecule has 0 unspecified atom stereocenters. The summed E-state index contributed by atoms with van der Waals surface area (Å²) in [5.41, 5.74) is 2.41. The summed E-state index contributed by atoms with van der Waals surface area (Å²) in [7, 11) is 0. The molecular formula is C24H27ClO3. The monoisotopic (exact) mass is 398 g/mol. The van der Waals surface area contributed by atoms with Crippen LogP contribution in [0.15, 0.2) is 61.2 Å². The summed E-state index contributed by atoms with van der Waals surface area (Å²) in [6, 6.07) is 14.4. The lowest BCUT2D eigenvalue weighted by Gasteiger charge is -2.07. The van der Waals surface area contributed by atoms with Gasteiger partial charge in [0.05, 0.1) is 0 Å². The molecule has 0 saturated heterocycles. The molecule has 4 heteroatoms. The maximum atomic E-state index is 12.0. The second-order valence-corrected chi connectivity index (χ2v) is 7.14. The highest BCUT2D eigenvalue weighted by atomic mass is 35.5. The van der Waals surface area contributed by atoms with Crippen LogP contribution in [0.1, 0.15) is 61.7 Å². The molecule has 2 rings (SSSR count). The SMILES string of the molecule is C=CCCCCCCCCC(=O)Oc1ccc(-c2ccc(C(=O)Cl)cc2)cc1. The number of allylic oxidation sites excluding steroid dienone is 1. The van der Waals surface area contributed by atoms with Crippen molar-refractivity contribution in [1.29, 1.82) is 0 Å². The van der Waals surface area contributed by atoms with Crippen molar-refractivity contribution in [2.75, 3.05) is 0 Å². The van der Waals surface area contributed by atoms with Crippen LogP contribution < -0.4 is 4.74 Å². The molecule has 0 spiro atoms. The van der Waals surface area contributed by atoms with Gasteiger partial charge in [0.1, 0.15) is 5.75 Å². The lowest BCUT2D eigenvalue weighted by atomic mass is 10.0. The molecule has 2 aromatic carbocycles. The molecular weight excluding hydrogens is 372 g/mol. The van der Waals surface area contributed by atoms with E-state index < -0.39 is 5.24 Å². The quantitative estimate of drug-likeness (QED) is 0.128. The molecule has 0 bridgehead atoms. The second-order valence-electron chi connectivity index (χ2n) is 6.80. The van der Waals surface area contributed by atoms with Gasteiger partial charge in [-0.25, -0.2) is 0 Å². The van der Waals surface area contributed by atoms with E-state index in [1.165, 1.54) is 19.3 Å². The molecule has 0 aliphatic rings. The fourth-order valence-electron chi connectivity index (χ4n) is 2.96. The van der Waals surface area contributed by atoms with Gasteiger partial charge in [-0.2, -0.15) is 0 Å². The largest absolute Gasteiger partial charge is 0.427 e. The molecule has 0 aromatic heterocycles. The van der Waals surface area contributed by atoms with E-state index in [2.05, 4.69) is 6.58 Å². The van der Waals surface area contributed by atoms with Gasteiger partial charge in [0.25, 0.3) is 5.24 Å². The van der Waals surface area contributed by atoms with E-state index in [1.54, 1.807) is 24.3 Å². The highest BCUT2D eigenvalue weighted by Crippen LogP contribution is 2.23. The zero-order chi connectivity index (χ0) is 20.2. The molecule has 3 nitrogen and oxygen atoms in total. The first-order valence-corrected chi connectivity index (χ1v) is 10.2. The Morgan fingerprint density at radius 3 is 1.93 bits per heavy atom. The summed E-state index contributed by atoms with van der Waals surface area (Å²) in [4.78, 5) is 23.1. The van der Waals surface area contributed by atoms with Gasteiger partial charge in [0.15, 0.2) is 0 Å². The zero-order valence-corrected chi connectivity index (χ0v) is 16.9. The number of carbonyl (C=O) groups excluding carboxylic acids is 2. The topological polar surface area (TPSA) is 43.4 Å². The van der Waals surface area contributed by atoms with Crippen LogP contribution in [0.5, 0.6) is 5.75 Å². The number of unbranched alkanes of at least 4 members (excludes halogenated alkanes) is 6. The fourth-order valence-corrected chi connectivity index (χ4v) is 3.08. The van der Waals surface area contributed by atoms with Gasteiger partial charge in [-0.3, -0.25) is 9.59 Å². The molecule has 0 N–H and O–H groups in total. The maximum absolute atomic E-state index is 12.0. The average molecular weight is 399 g/mol. The Kier molecular flexibility index (Phi) is 9.50. The normalized spacial score (nSPS) is 10.5. The minimum absolute atomic E-state index is 0.190. The van der Waals surface area contributed by atoms with Crippen molar-refractivity contribution in [2.45, 2.75) is 51.4 Å². The molecule has 0 fully saturated rings. The van der Waals surface area contributed by atoms with Gasteiger partial charge in [-0.05, 0) is 66.3 Å². The smallest absolute Gasteiger partial charge is 0.311 e. The lowest BCUT2D eigenvalue weighted by molar-refractivity contribution is -0.134. The zero-order valence-electron chi connectivity index (χ0n) is 16.2. The van der Waals surface area contributed by atoms with Crippen LogP contribution in [0.4, 0.5) is 0 Å². The molecule has 2 aromatic rings. The van der Waals surface area contributed by atoms with Crippen LogP contribution in [0, 0.1) is 0 Å². The van der Waals surface area contributed by atoms with Crippen molar-refractivity contribution < 1.29 is 14.3 Å². The summed E-state index contributed by atoms with van der Waals surface area (Å²) in [6.07, 6.45) is 10.2. The minimum Gasteiger partial charge on any atom is -0.427 e. The molecule has 28 heavy (non-hydrogen) atoms. The third kappa shape index (κ3) is 7.69. The van der Waals surface area contributed by atoms with Crippen molar-refractivity contribution in [1.82, 2.24) is 0 Å². The van der Waals surface area contributed by atoms with E-state index in [-0.39, 0.29) is 5.97 Å². The number of ether oxygens (including phenoxy) is 1. The van der Waals surface area contributed by atoms with E-state index in [9.17, 15) is 9.59 Å². The molecule has 0 radical (unpaired) electrons. The summed E-state index contributed by atoms with van der Waals surface area (Å²) in [5.74, 6) is 0.357. The van der Waals surface area contributed by atoms with Crippen LogP contribution in [0.25, 0.3) is 11.1 Å². The summed E-state index contributed by atoms with van der Waals surface area (Å²) < 4.78 is 5.40.